The molecule has 0 N–H and O–H groups in total. The molecule has 0 radical (unpaired) electrons. The highest BCUT2D eigenvalue weighted by Gasteiger charge is 2.12. The van der Waals surface area contributed by atoms with Crippen LogP contribution in [0.4, 0.5) is 0 Å². The van der Waals surface area contributed by atoms with Gasteiger partial charge in [0.25, 0.3) is 0 Å². The molecule has 0 amide bonds. The maximum atomic E-state index is 11.1. The molecule has 0 spiro atoms. The predicted molar refractivity (Wildman–Crippen MR) is 46.9 cm³/mol. The fourth-order valence-corrected chi connectivity index (χ4v) is 1.46. The molecule has 0 unspecified atom stereocenters. The predicted octanol–water partition coefficient (Wildman–Crippen LogP) is 0.844. The molecule has 0 aromatic heterocycles. The van der Waals surface area contributed by atoms with E-state index >= 15 is 0 Å². The lowest BCUT2D eigenvalue weighted by Gasteiger charge is -2.13. The van der Waals surface area contributed by atoms with Crippen LogP contribution in [0.5, 0.6) is 0 Å². The highest BCUT2D eigenvalue weighted by molar-refractivity contribution is 7.89. The highest BCUT2D eigenvalue weighted by atomic mass is 32.2. The van der Waals surface area contributed by atoms with Crippen molar-refractivity contribution in [1.82, 2.24) is 4.31 Å². The van der Waals surface area contributed by atoms with Gasteiger partial charge in [-0.25, -0.2) is 12.7 Å². The van der Waals surface area contributed by atoms with Crippen molar-refractivity contribution in [2.45, 2.75) is 13.3 Å². The lowest BCUT2D eigenvalue weighted by molar-refractivity contribution is 0.476. The number of rotatable bonds is 5. The van der Waals surface area contributed by atoms with Gasteiger partial charge in [-0.15, -0.1) is 6.58 Å². The molecular weight excluding hydrogens is 162 g/mol. The third-order valence-electron chi connectivity index (χ3n) is 1.49. The molecular formula is C7H15NO2S. The zero-order valence-corrected chi connectivity index (χ0v) is 7.89. The first kappa shape index (κ1) is 10.7. The van der Waals surface area contributed by atoms with Gasteiger partial charge in [-0.3, -0.25) is 0 Å². The van der Waals surface area contributed by atoms with Gasteiger partial charge < -0.3 is 0 Å². The van der Waals surface area contributed by atoms with Gasteiger partial charge in [0.2, 0.25) is 10.0 Å². The number of nitrogens with zero attached hydrogens (tertiary/aromatic N) is 1. The molecule has 3 nitrogen and oxygen atoms in total. The maximum absolute atomic E-state index is 11.1. The van der Waals surface area contributed by atoms with Crippen LogP contribution in [0, 0.1) is 0 Å². The Labute approximate surface area is 68.8 Å². The summed E-state index contributed by atoms with van der Waals surface area (Å²) < 4.78 is 23.5. The maximum Gasteiger partial charge on any atom is 0.213 e. The molecule has 0 rings (SSSR count). The monoisotopic (exact) mass is 177 g/mol. The van der Waals surface area contributed by atoms with Gasteiger partial charge in [-0.1, -0.05) is 6.08 Å². The van der Waals surface area contributed by atoms with Crippen molar-refractivity contribution in [3.05, 3.63) is 12.7 Å². The van der Waals surface area contributed by atoms with Crippen LogP contribution in [0.15, 0.2) is 12.7 Å². The second-order valence-electron chi connectivity index (χ2n) is 2.30. The van der Waals surface area contributed by atoms with Crippen LogP contribution in [0.3, 0.4) is 0 Å². The third kappa shape index (κ3) is 3.53. The lowest BCUT2D eigenvalue weighted by atomic mass is 10.4. The average molecular weight is 177 g/mol. The van der Waals surface area contributed by atoms with Crippen LogP contribution >= 0.6 is 0 Å². The molecule has 0 bridgehead atoms. The van der Waals surface area contributed by atoms with E-state index in [4.69, 9.17) is 0 Å². The van der Waals surface area contributed by atoms with Gasteiger partial charge >= 0.3 is 0 Å². The van der Waals surface area contributed by atoms with Crippen molar-refractivity contribution >= 4 is 10.0 Å². The first-order chi connectivity index (χ1) is 5.04. The van der Waals surface area contributed by atoms with Gasteiger partial charge in [0.1, 0.15) is 0 Å². The smallest absolute Gasteiger partial charge is 0.212 e. The Morgan fingerprint density at radius 2 is 2.09 bits per heavy atom. The summed E-state index contributed by atoms with van der Waals surface area (Å²) in [6.45, 7) is 5.69. The van der Waals surface area contributed by atoms with Crippen molar-refractivity contribution in [3.8, 4) is 0 Å². The van der Waals surface area contributed by atoms with Crippen molar-refractivity contribution in [2.24, 2.45) is 0 Å². The first-order valence-electron chi connectivity index (χ1n) is 3.59. The SMILES string of the molecule is C=CCCN(C)S(=O)(=O)CC. The zero-order valence-electron chi connectivity index (χ0n) is 7.08. The molecule has 0 saturated heterocycles. The van der Waals surface area contributed by atoms with Crippen molar-refractivity contribution < 1.29 is 8.42 Å². The van der Waals surface area contributed by atoms with E-state index in [0.29, 0.717) is 13.0 Å². The Morgan fingerprint density at radius 1 is 1.55 bits per heavy atom. The molecule has 0 fully saturated rings. The van der Waals surface area contributed by atoms with Gasteiger partial charge in [0, 0.05) is 13.6 Å². The average Bonchev–Trinajstić information content (AvgIpc) is 2.00. The Kier molecular flexibility index (Phi) is 4.37. The molecule has 0 aliphatic heterocycles. The Hall–Kier alpha value is -0.350. The summed E-state index contributed by atoms with van der Waals surface area (Å²) >= 11 is 0. The largest absolute Gasteiger partial charge is 0.213 e. The summed E-state index contributed by atoms with van der Waals surface area (Å²) in [4.78, 5) is 0. The second kappa shape index (κ2) is 4.51. The Morgan fingerprint density at radius 3 is 2.45 bits per heavy atom. The molecule has 66 valence electrons. The molecule has 0 saturated carbocycles. The van der Waals surface area contributed by atoms with E-state index in [9.17, 15) is 8.42 Å². The van der Waals surface area contributed by atoms with Gasteiger partial charge in [-0.2, -0.15) is 0 Å². The van der Waals surface area contributed by atoms with Gasteiger partial charge in [0.15, 0.2) is 0 Å². The molecule has 11 heavy (non-hydrogen) atoms. The molecule has 0 atom stereocenters. The molecule has 0 aliphatic carbocycles. The minimum atomic E-state index is -2.98. The number of hydrogen-bond donors (Lipinski definition) is 0. The van der Waals surface area contributed by atoms with Crippen molar-refractivity contribution in [3.63, 3.8) is 0 Å². The minimum absolute atomic E-state index is 0.167. The van der Waals surface area contributed by atoms with E-state index in [1.54, 1.807) is 20.0 Å². The third-order valence-corrected chi connectivity index (χ3v) is 3.35. The standard InChI is InChI=1S/C7H15NO2S/c1-4-6-7-8(3)11(9,10)5-2/h4H,1,5-7H2,2-3H3. The van der Waals surface area contributed by atoms with Gasteiger partial charge in [-0.05, 0) is 13.3 Å². The molecule has 0 aromatic rings. The molecule has 0 aromatic carbocycles. The normalized spacial score (nSPS) is 11.9. The quantitative estimate of drug-likeness (QED) is 0.584. The van der Waals surface area contributed by atoms with E-state index in [2.05, 4.69) is 6.58 Å². The van der Waals surface area contributed by atoms with Crippen LogP contribution in [0.25, 0.3) is 0 Å². The molecule has 0 heterocycles. The summed E-state index contributed by atoms with van der Waals surface area (Å²) in [6, 6.07) is 0. The van der Waals surface area contributed by atoms with E-state index in [0.717, 1.165) is 0 Å². The van der Waals surface area contributed by atoms with Gasteiger partial charge in [0.05, 0.1) is 5.75 Å². The fraction of sp³-hybridized carbons (Fsp3) is 0.714. The Balaban J connectivity index is 4.02. The van der Waals surface area contributed by atoms with E-state index < -0.39 is 10.0 Å². The summed E-state index contributed by atoms with van der Waals surface area (Å²) in [7, 11) is -1.40. The highest BCUT2D eigenvalue weighted by Crippen LogP contribution is 1.98. The number of sulfonamides is 1. The Bertz CT molecular complexity index is 208. The first-order valence-corrected chi connectivity index (χ1v) is 5.20. The van der Waals surface area contributed by atoms with Crippen LogP contribution < -0.4 is 0 Å². The van der Waals surface area contributed by atoms with Crippen LogP contribution in [-0.4, -0.2) is 32.1 Å². The van der Waals surface area contributed by atoms with Crippen molar-refractivity contribution in [2.75, 3.05) is 19.3 Å². The van der Waals surface area contributed by atoms with E-state index in [-0.39, 0.29) is 5.75 Å². The van der Waals surface area contributed by atoms with Crippen LogP contribution in [0.1, 0.15) is 13.3 Å². The summed E-state index contributed by atoms with van der Waals surface area (Å²) in [5, 5.41) is 0. The topological polar surface area (TPSA) is 37.4 Å². The number of hydrogen-bond acceptors (Lipinski definition) is 2. The molecule has 0 aliphatic rings. The van der Waals surface area contributed by atoms with Crippen molar-refractivity contribution in [1.29, 1.82) is 0 Å². The summed E-state index contributed by atoms with van der Waals surface area (Å²) in [6.07, 6.45) is 2.41. The lowest BCUT2D eigenvalue weighted by Crippen LogP contribution is -2.28. The summed E-state index contributed by atoms with van der Waals surface area (Å²) in [5.74, 6) is 0.167. The fourth-order valence-electron chi connectivity index (χ4n) is 0.633. The minimum Gasteiger partial charge on any atom is -0.212 e. The van der Waals surface area contributed by atoms with E-state index in [1.165, 1.54) is 4.31 Å². The second-order valence-corrected chi connectivity index (χ2v) is 4.66. The molecule has 4 heteroatoms. The van der Waals surface area contributed by atoms with E-state index in [1.807, 2.05) is 0 Å². The summed E-state index contributed by atoms with van der Waals surface area (Å²) in [5.41, 5.74) is 0. The zero-order chi connectivity index (χ0) is 8.91. The van der Waals surface area contributed by atoms with Crippen LogP contribution in [-0.2, 0) is 10.0 Å². The van der Waals surface area contributed by atoms with Crippen LogP contribution in [0.2, 0.25) is 0 Å².